The van der Waals surface area contributed by atoms with Gasteiger partial charge in [-0.3, -0.25) is 14.5 Å². The van der Waals surface area contributed by atoms with Crippen LogP contribution in [0.25, 0.3) is 0 Å². The summed E-state index contributed by atoms with van der Waals surface area (Å²) in [6.07, 6.45) is 1.21. The van der Waals surface area contributed by atoms with Crippen molar-refractivity contribution in [2.24, 2.45) is 0 Å². The van der Waals surface area contributed by atoms with Gasteiger partial charge in [0.1, 0.15) is 11.3 Å². The van der Waals surface area contributed by atoms with E-state index in [0.717, 1.165) is 43.2 Å². The Kier molecular flexibility index (Phi) is 6.88. The lowest BCUT2D eigenvalue weighted by Gasteiger charge is -2.37. The molecule has 0 aromatic heterocycles. The summed E-state index contributed by atoms with van der Waals surface area (Å²) in [4.78, 5) is 43.0. The van der Waals surface area contributed by atoms with Crippen molar-refractivity contribution >= 4 is 23.4 Å². The number of Topliss-reactive ketones (excluding diaryl/α,β-unsaturated/α-hetero) is 1. The highest BCUT2D eigenvalue weighted by molar-refractivity contribution is 6.06. The maximum absolute atomic E-state index is 13.2. The van der Waals surface area contributed by atoms with Crippen molar-refractivity contribution in [3.05, 3.63) is 59.7 Å². The van der Waals surface area contributed by atoms with Crippen LogP contribution in [0.15, 0.2) is 48.5 Å². The normalized spacial score (nSPS) is 21.0. The van der Waals surface area contributed by atoms with Gasteiger partial charge in [0.25, 0.3) is 5.91 Å². The molecule has 2 aliphatic rings. The van der Waals surface area contributed by atoms with Gasteiger partial charge < -0.3 is 15.0 Å². The van der Waals surface area contributed by atoms with Crippen molar-refractivity contribution in [1.29, 1.82) is 0 Å². The monoisotopic (exact) mass is 464 g/mol. The Bertz CT molecular complexity index is 1050. The second-order valence-electron chi connectivity index (χ2n) is 9.19. The number of nitrogens with zero attached hydrogens (tertiary/aromatic N) is 3. The van der Waals surface area contributed by atoms with Gasteiger partial charge in [-0.25, -0.2) is 9.69 Å². The van der Waals surface area contributed by atoms with Crippen LogP contribution in [-0.2, 0) is 11.2 Å². The molecule has 2 saturated heterocycles. The molecule has 180 valence electrons. The number of piperazine rings is 1. The lowest BCUT2D eigenvalue weighted by molar-refractivity contribution is -0.132. The number of imide groups is 1. The summed E-state index contributed by atoms with van der Waals surface area (Å²) in [5, 5.41) is 2.91. The minimum absolute atomic E-state index is 0.0564. The van der Waals surface area contributed by atoms with E-state index in [1.54, 1.807) is 21.0 Å². The van der Waals surface area contributed by atoms with E-state index in [1.807, 2.05) is 48.5 Å². The molecule has 34 heavy (non-hydrogen) atoms. The molecule has 1 N–H and O–H groups in total. The topological polar surface area (TPSA) is 82.2 Å². The molecule has 0 saturated carbocycles. The second kappa shape index (κ2) is 9.85. The molecule has 0 aliphatic carbocycles. The largest absolute Gasteiger partial charge is 0.497 e. The number of ketones is 1. The lowest BCUT2D eigenvalue weighted by Crippen LogP contribution is -2.52. The first kappa shape index (κ1) is 23.8. The fourth-order valence-corrected chi connectivity index (χ4v) is 4.49. The molecule has 2 heterocycles. The van der Waals surface area contributed by atoms with Crippen LogP contribution in [0.2, 0.25) is 0 Å². The smallest absolute Gasteiger partial charge is 0.326 e. The zero-order valence-electron chi connectivity index (χ0n) is 20.0. The van der Waals surface area contributed by atoms with Crippen molar-refractivity contribution in [1.82, 2.24) is 15.1 Å². The number of amides is 3. The zero-order valence-corrected chi connectivity index (χ0v) is 20.0. The Morgan fingerprint density at radius 2 is 1.65 bits per heavy atom. The number of hydrogen-bond acceptors (Lipinski definition) is 6. The highest BCUT2D eigenvalue weighted by atomic mass is 16.5. The number of urea groups is 1. The number of ether oxygens (including phenoxy) is 1. The number of carbonyl (C=O) groups excluding carboxylic acids is 3. The highest BCUT2D eigenvalue weighted by Gasteiger charge is 2.47. The SMILES string of the molecule is COc1ccc(CCC2(C)NC(=O)N(CN3CCN(c4ccc(C(C)=O)cc4)CC3)C2=O)cc1. The molecular weight excluding hydrogens is 432 g/mol. The minimum atomic E-state index is -0.905. The van der Waals surface area contributed by atoms with Gasteiger partial charge in [0.15, 0.2) is 5.78 Å². The van der Waals surface area contributed by atoms with Crippen LogP contribution in [-0.4, -0.2) is 73.0 Å². The number of methoxy groups -OCH3 is 1. The first-order valence-electron chi connectivity index (χ1n) is 11.6. The van der Waals surface area contributed by atoms with Gasteiger partial charge in [0.2, 0.25) is 0 Å². The number of aryl methyl sites for hydroxylation is 1. The van der Waals surface area contributed by atoms with E-state index >= 15 is 0 Å². The molecular formula is C26H32N4O4. The molecule has 3 amide bonds. The van der Waals surface area contributed by atoms with Crippen LogP contribution in [0.1, 0.15) is 36.2 Å². The third-order valence-electron chi connectivity index (χ3n) is 6.77. The van der Waals surface area contributed by atoms with E-state index in [4.69, 9.17) is 4.74 Å². The number of hydrogen-bond donors (Lipinski definition) is 1. The van der Waals surface area contributed by atoms with Crippen LogP contribution >= 0.6 is 0 Å². The molecule has 2 aromatic rings. The lowest BCUT2D eigenvalue weighted by atomic mass is 9.93. The molecule has 1 unspecified atom stereocenters. The number of nitrogens with one attached hydrogen (secondary N) is 1. The summed E-state index contributed by atoms with van der Waals surface area (Å²) in [5.41, 5.74) is 1.97. The fraction of sp³-hybridized carbons (Fsp3) is 0.423. The molecule has 0 spiro atoms. The molecule has 8 nitrogen and oxygen atoms in total. The maximum atomic E-state index is 13.2. The summed E-state index contributed by atoms with van der Waals surface area (Å²) in [6, 6.07) is 15.1. The first-order chi connectivity index (χ1) is 16.3. The molecule has 0 bridgehead atoms. The Hall–Kier alpha value is -3.39. The second-order valence-corrected chi connectivity index (χ2v) is 9.19. The van der Waals surface area contributed by atoms with Crippen molar-refractivity contribution in [3.8, 4) is 5.75 Å². The predicted octanol–water partition coefficient (Wildman–Crippen LogP) is 2.92. The summed E-state index contributed by atoms with van der Waals surface area (Å²) < 4.78 is 5.19. The van der Waals surface area contributed by atoms with Gasteiger partial charge in [-0.05, 0) is 68.7 Å². The third kappa shape index (κ3) is 5.07. The number of benzene rings is 2. The predicted molar refractivity (Wildman–Crippen MR) is 130 cm³/mol. The molecule has 2 fully saturated rings. The molecule has 2 aliphatic heterocycles. The molecule has 8 heteroatoms. The Morgan fingerprint density at radius 1 is 1.00 bits per heavy atom. The molecule has 2 aromatic carbocycles. The number of anilines is 1. The fourth-order valence-electron chi connectivity index (χ4n) is 4.49. The summed E-state index contributed by atoms with van der Waals surface area (Å²) in [7, 11) is 1.63. The van der Waals surface area contributed by atoms with Crippen molar-refractivity contribution in [2.45, 2.75) is 32.2 Å². The van der Waals surface area contributed by atoms with Crippen molar-refractivity contribution in [2.75, 3.05) is 44.9 Å². The number of rotatable bonds is 8. The van der Waals surface area contributed by atoms with E-state index in [-0.39, 0.29) is 17.7 Å². The minimum Gasteiger partial charge on any atom is -0.497 e. The summed E-state index contributed by atoms with van der Waals surface area (Å²) in [5.74, 6) is 0.675. The van der Waals surface area contributed by atoms with Gasteiger partial charge in [-0.15, -0.1) is 0 Å². The van der Waals surface area contributed by atoms with E-state index < -0.39 is 5.54 Å². The number of carbonyl (C=O) groups is 3. The average Bonchev–Trinajstić information content (AvgIpc) is 3.06. The maximum Gasteiger partial charge on any atom is 0.326 e. The Labute approximate surface area is 200 Å². The molecule has 4 rings (SSSR count). The van der Waals surface area contributed by atoms with Crippen LogP contribution < -0.4 is 15.0 Å². The van der Waals surface area contributed by atoms with Crippen LogP contribution in [0.3, 0.4) is 0 Å². The quantitative estimate of drug-likeness (QED) is 0.478. The Balaban J connectivity index is 1.30. The van der Waals surface area contributed by atoms with Gasteiger partial charge >= 0.3 is 6.03 Å². The van der Waals surface area contributed by atoms with E-state index in [2.05, 4.69) is 15.1 Å². The van der Waals surface area contributed by atoms with Crippen LogP contribution in [0, 0.1) is 0 Å². The van der Waals surface area contributed by atoms with E-state index in [9.17, 15) is 14.4 Å². The van der Waals surface area contributed by atoms with Crippen LogP contribution in [0.4, 0.5) is 10.5 Å². The zero-order chi connectivity index (χ0) is 24.3. The van der Waals surface area contributed by atoms with Gasteiger partial charge in [0.05, 0.1) is 13.8 Å². The highest BCUT2D eigenvalue weighted by Crippen LogP contribution is 2.25. The summed E-state index contributed by atoms with van der Waals surface area (Å²) >= 11 is 0. The molecule has 1 atom stereocenters. The van der Waals surface area contributed by atoms with Crippen molar-refractivity contribution < 1.29 is 19.1 Å². The van der Waals surface area contributed by atoms with Gasteiger partial charge in [-0.2, -0.15) is 0 Å². The van der Waals surface area contributed by atoms with Crippen LogP contribution in [0.5, 0.6) is 5.75 Å². The third-order valence-corrected chi connectivity index (χ3v) is 6.77. The van der Waals surface area contributed by atoms with E-state index in [1.165, 1.54) is 4.90 Å². The van der Waals surface area contributed by atoms with Crippen molar-refractivity contribution in [3.63, 3.8) is 0 Å². The average molecular weight is 465 g/mol. The molecule has 0 radical (unpaired) electrons. The first-order valence-corrected chi connectivity index (χ1v) is 11.6. The summed E-state index contributed by atoms with van der Waals surface area (Å²) in [6.45, 7) is 6.73. The Morgan fingerprint density at radius 3 is 2.24 bits per heavy atom. The van der Waals surface area contributed by atoms with Gasteiger partial charge in [-0.1, -0.05) is 12.1 Å². The van der Waals surface area contributed by atoms with Gasteiger partial charge in [0, 0.05) is 37.4 Å². The standard InChI is InChI=1S/C26H32N4O4/c1-19(31)21-6-8-22(9-7-21)29-16-14-28(15-17-29)18-30-24(32)26(2,27-25(30)33)13-12-20-4-10-23(34-3)11-5-20/h4-11H,12-18H2,1-3H3,(H,27,33). The van der Waals surface area contributed by atoms with E-state index in [0.29, 0.717) is 25.1 Å².